The predicted molar refractivity (Wildman–Crippen MR) is 39.3 cm³/mol. The lowest BCUT2D eigenvalue weighted by Gasteiger charge is -2.14. The highest BCUT2D eigenvalue weighted by molar-refractivity contribution is 5.31. The van der Waals surface area contributed by atoms with Crippen molar-refractivity contribution in [1.82, 2.24) is 10.3 Å². The Balaban J connectivity index is 2.41. The number of hydrogen-bond donors (Lipinski definition) is 1. The zero-order valence-corrected chi connectivity index (χ0v) is 5.67. The van der Waals surface area contributed by atoms with Crippen LogP contribution in [0, 0.1) is 6.54 Å². The van der Waals surface area contributed by atoms with Gasteiger partial charge in [-0.05, 0) is 30.2 Å². The molecule has 0 aliphatic carbocycles. The lowest BCUT2D eigenvalue weighted by Crippen LogP contribution is -2.21. The number of nitrogens with zero attached hydrogens (tertiary/aromatic N) is 1. The second kappa shape index (κ2) is 2.39. The van der Waals surface area contributed by atoms with Gasteiger partial charge in [0.05, 0.1) is 6.54 Å². The van der Waals surface area contributed by atoms with Crippen LogP contribution < -0.4 is 5.32 Å². The summed E-state index contributed by atoms with van der Waals surface area (Å²) in [6, 6.07) is 2.08. The number of aromatic nitrogens is 1. The molecule has 0 spiro atoms. The van der Waals surface area contributed by atoms with Crippen molar-refractivity contribution in [1.29, 1.82) is 0 Å². The molecule has 2 heteroatoms. The standard InChI is InChI=1S/C8H9N2/c1-3-9-5-8-6-10-4-2-7(1)8/h1,3,5-6,10H,2,4H2. The van der Waals surface area contributed by atoms with E-state index in [0.29, 0.717) is 0 Å². The van der Waals surface area contributed by atoms with E-state index in [2.05, 4.69) is 16.4 Å². The number of nitrogens with one attached hydrogen (secondary N) is 1. The zero-order chi connectivity index (χ0) is 6.81. The van der Waals surface area contributed by atoms with Crippen LogP contribution in [0.2, 0.25) is 0 Å². The second-order valence-corrected chi connectivity index (χ2v) is 2.42. The molecule has 0 fully saturated rings. The summed E-state index contributed by atoms with van der Waals surface area (Å²) in [6.07, 6.45) is 4.86. The van der Waals surface area contributed by atoms with Crippen LogP contribution in [0.4, 0.5) is 0 Å². The van der Waals surface area contributed by atoms with Crippen molar-refractivity contribution < 1.29 is 0 Å². The van der Waals surface area contributed by atoms with Gasteiger partial charge in [-0.1, -0.05) is 0 Å². The first kappa shape index (κ1) is 5.86. The van der Waals surface area contributed by atoms with Gasteiger partial charge in [-0.2, -0.15) is 0 Å². The minimum Gasteiger partial charge on any atom is -0.308 e. The predicted octanol–water partition coefficient (Wildman–Crippen LogP) is 0.737. The van der Waals surface area contributed by atoms with Gasteiger partial charge in [0.25, 0.3) is 0 Å². The van der Waals surface area contributed by atoms with Crippen LogP contribution >= 0.6 is 0 Å². The molecule has 1 N–H and O–H groups in total. The molecule has 10 heavy (non-hydrogen) atoms. The Kier molecular flexibility index (Phi) is 1.40. The summed E-state index contributed by atoms with van der Waals surface area (Å²) in [7, 11) is 0. The molecule has 51 valence electrons. The Morgan fingerprint density at radius 3 is 3.40 bits per heavy atom. The molecule has 1 aliphatic heterocycles. The van der Waals surface area contributed by atoms with Gasteiger partial charge >= 0.3 is 0 Å². The van der Waals surface area contributed by atoms with Crippen LogP contribution in [0.3, 0.4) is 0 Å². The maximum Gasteiger partial charge on any atom is 0.0537 e. The van der Waals surface area contributed by atoms with Gasteiger partial charge in [-0.25, -0.2) is 0 Å². The molecule has 0 aromatic carbocycles. The van der Waals surface area contributed by atoms with Crippen LogP contribution in [0.1, 0.15) is 11.1 Å². The third-order valence-corrected chi connectivity index (χ3v) is 1.74. The van der Waals surface area contributed by atoms with Gasteiger partial charge in [0.2, 0.25) is 0 Å². The summed E-state index contributed by atoms with van der Waals surface area (Å²) in [4.78, 5) is 4.03. The lowest BCUT2D eigenvalue weighted by atomic mass is 10.0. The Morgan fingerprint density at radius 2 is 2.50 bits per heavy atom. The van der Waals surface area contributed by atoms with Gasteiger partial charge in [-0.3, -0.25) is 4.98 Å². The van der Waals surface area contributed by atoms with E-state index in [1.54, 1.807) is 0 Å². The molecule has 0 bridgehead atoms. The SMILES string of the molecule is [CH]1NCCc2ccncc21. The minimum absolute atomic E-state index is 1.05. The summed E-state index contributed by atoms with van der Waals surface area (Å²) in [5, 5.41) is 3.18. The highest BCUT2D eigenvalue weighted by atomic mass is 14.9. The molecular formula is C8H9N2. The van der Waals surface area contributed by atoms with Gasteiger partial charge in [0.1, 0.15) is 0 Å². The van der Waals surface area contributed by atoms with Gasteiger partial charge in [0, 0.05) is 12.4 Å². The van der Waals surface area contributed by atoms with E-state index in [-0.39, 0.29) is 0 Å². The molecular weight excluding hydrogens is 124 g/mol. The fourth-order valence-corrected chi connectivity index (χ4v) is 1.18. The maximum absolute atomic E-state index is 4.03. The van der Waals surface area contributed by atoms with Gasteiger partial charge in [0.15, 0.2) is 0 Å². The van der Waals surface area contributed by atoms with E-state index in [1.165, 1.54) is 11.1 Å². The number of pyridine rings is 1. The van der Waals surface area contributed by atoms with Crippen LogP contribution in [-0.2, 0) is 6.42 Å². The van der Waals surface area contributed by atoms with Crippen molar-refractivity contribution in [3.8, 4) is 0 Å². The molecule has 1 aromatic rings. The van der Waals surface area contributed by atoms with E-state index in [1.807, 2.05) is 18.9 Å². The third-order valence-electron chi connectivity index (χ3n) is 1.74. The van der Waals surface area contributed by atoms with Crippen molar-refractivity contribution in [2.75, 3.05) is 6.54 Å². The summed E-state index contributed by atoms with van der Waals surface area (Å²) in [5.41, 5.74) is 2.63. The molecule has 1 radical (unpaired) electrons. The van der Waals surface area contributed by atoms with E-state index in [0.717, 1.165) is 13.0 Å². The van der Waals surface area contributed by atoms with Crippen LogP contribution in [0.15, 0.2) is 18.5 Å². The molecule has 0 saturated carbocycles. The van der Waals surface area contributed by atoms with Gasteiger partial charge in [-0.15, -0.1) is 0 Å². The van der Waals surface area contributed by atoms with Crippen molar-refractivity contribution in [3.63, 3.8) is 0 Å². The average molecular weight is 133 g/mol. The number of hydrogen-bond acceptors (Lipinski definition) is 2. The molecule has 2 rings (SSSR count). The topological polar surface area (TPSA) is 24.9 Å². The first-order valence-electron chi connectivity index (χ1n) is 3.46. The lowest BCUT2D eigenvalue weighted by molar-refractivity contribution is 0.749. The number of fused-ring (bicyclic) bond motifs is 1. The van der Waals surface area contributed by atoms with E-state index < -0.39 is 0 Å². The minimum atomic E-state index is 1.05. The number of rotatable bonds is 0. The van der Waals surface area contributed by atoms with Crippen LogP contribution in [0.5, 0.6) is 0 Å². The van der Waals surface area contributed by atoms with Crippen molar-refractivity contribution in [3.05, 3.63) is 36.1 Å². The maximum atomic E-state index is 4.03. The van der Waals surface area contributed by atoms with E-state index in [4.69, 9.17) is 0 Å². The molecule has 1 aliphatic rings. The fourth-order valence-electron chi connectivity index (χ4n) is 1.18. The third kappa shape index (κ3) is 0.907. The summed E-state index contributed by atoms with van der Waals surface area (Å²) in [5.74, 6) is 0. The summed E-state index contributed by atoms with van der Waals surface area (Å²) in [6.45, 7) is 3.07. The molecule has 0 atom stereocenters. The molecule has 0 amide bonds. The Hall–Kier alpha value is -0.890. The zero-order valence-electron chi connectivity index (χ0n) is 5.67. The first-order valence-corrected chi connectivity index (χ1v) is 3.46. The first-order chi connectivity index (χ1) is 4.97. The van der Waals surface area contributed by atoms with Gasteiger partial charge < -0.3 is 5.32 Å². The highest BCUT2D eigenvalue weighted by Crippen LogP contribution is 2.11. The Bertz CT molecular complexity index is 207. The average Bonchev–Trinajstić information content (AvgIpc) is 2.05. The smallest absolute Gasteiger partial charge is 0.0537 e. The molecule has 2 heterocycles. The van der Waals surface area contributed by atoms with E-state index in [9.17, 15) is 0 Å². The van der Waals surface area contributed by atoms with Crippen molar-refractivity contribution in [2.45, 2.75) is 6.42 Å². The molecule has 0 unspecified atom stereocenters. The summed E-state index contributed by atoms with van der Waals surface area (Å²) >= 11 is 0. The fraction of sp³-hybridized carbons (Fsp3) is 0.250. The van der Waals surface area contributed by atoms with E-state index >= 15 is 0 Å². The largest absolute Gasteiger partial charge is 0.308 e. The monoisotopic (exact) mass is 133 g/mol. The Morgan fingerprint density at radius 1 is 1.50 bits per heavy atom. The second-order valence-electron chi connectivity index (χ2n) is 2.42. The van der Waals surface area contributed by atoms with Crippen LogP contribution in [0.25, 0.3) is 0 Å². The quantitative estimate of drug-likeness (QED) is 0.564. The molecule has 0 saturated heterocycles. The molecule has 1 aromatic heterocycles. The normalized spacial score (nSPS) is 16.4. The Labute approximate surface area is 60.3 Å². The highest BCUT2D eigenvalue weighted by Gasteiger charge is 2.06. The summed E-state index contributed by atoms with van der Waals surface area (Å²) < 4.78 is 0. The van der Waals surface area contributed by atoms with Crippen molar-refractivity contribution in [2.24, 2.45) is 0 Å². The van der Waals surface area contributed by atoms with Crippen molar-refractivity contribution >= 4 is 0 Å². The molecule has 2 nitrogen and oxygen atoms in total. The van der Waals surface area contributed by atoms with Crippen LogP contribution in [-0.4, -0.2) is 11.5 Å².